The lowest BCUT2D eigenvalue weighted by molar-refractivity contribution is 0.0515. The fourth-order valence-electron chi connectivity index (χ4n) is 4.50. The maximum atomic E-state index is 10.2. The topological polar surface area (TPSA) is 53.0 Å². The largest absolute Gasteiger partial charge is 0.393 e. The molecule has 1 aliphatic heterocycles. The summed E-state index contributed by atoms with van der Waals surface area (Å²) in [5, 5.41) is 18.9. The van der Waals surface area contributed by atoms with Gasteiger partial charge in [0.05, 0.1) is 12.7 Å². The van der Waals surface area contributed by atoms with Gasteiger partial charge in [-0.05, 0) is 40.2 Å². The second-order valence-electron chi connectivity index (χ2n) is 9.41. The fourth-order valence-corrected chi connectivity index (χ4v) is 4.50. The van der Waals surface area contributed by atoms with E-state index in [1.54, 1.807) is 6.08 Å². The average Bonchev–Trinajstić information content (AvgIpc) is 3.27. The maximum Gasteiger partial charge on any atom is 0.121 e. The van der Waals surface area contributed by atoms with Crippen LogP contribution < -0.4 is 0 Å². The summed E-state index contributed by atoms with van der Waals surface area (Å²) in [5.74, 6) is 0. The van der Waals surface area contributed by atoms with Crippen LogP contribution in [0.5, 0.6) is 0 Å². The lowest BCUT2D eigenvalue weighted by Crippen LogP contribution is -2.46. The molecular formula is C27H38O3. The Labute approximate surface area is 182 Å². The highest BCUT2D eigenvalue weighted by atomic mass is 16.6. The van der Waals surface area contributed by atoms with Gasteiger partial charge < -0.3 is 14.9 Å². The molecule has 0 aromatic carbocycles. The Kier molecular flexibility index (Phi) is 8.04. The first kappa shape index (κ1) is 24.3. The molecule has 0 amide bonds. The predicted molar refractivity (Wildman–Crippen MR) is 126 cm³/mol. The summed E-state index contributed by atoms with van der Waals surface area (Å²) in [5.41, 5.74) is 2.80. The van der Waals surface area contributed by atoms with Gasteiger partial charge in [-0.15, -0.1) is 0 Å². The van der Waals surface area contributed by atoms with E-state index in [-0.39, 0.29) is 29.3 Å². The monoisotopic (exact) mass is 410 g/mol. The van der Waals surface area contributed by atoms with Crippen molar-refractivity contribution in [3.8, 4) is 0 Å². The number of rotatable bonds is 8. The van der Waals surface area contributed by atoms with Gasteiger partial charge in [0.1, 0.15) is 11.2 Å². The number of fused-ring (bicyclic) bond motifs is 1. The van der Waals surface area contributed by atoms with Crippen molar-refractivity contribution < 1.29 is 14.9 Å². The Morgan fingerprint density at radius 3 is 2.03 bits per heavy atom. The van der Waals surface area contributed by atoms with Crippen LogP contribution in [0.25, 0.3) is 0 Å². The molecule has 1 heterocycles. The molecule has 3 unspecified atom stereocenters. The molecule has 0 bridgehead atoms. The van der Waals surface area contributed by atoms with Crippen LogP contribution in [-0.4, -0.2) is 34.1 Å². The highest BCUT2D eigenvalue weighted by Crippen LogP contribution is 2.66. The van der Waals surface area contributed by atoms with Gasteiger partial charge >= 0.3 is 0 Å². The zero-order valence-electron chi connectivity index (χ0n) is 19.4. The van der Waals surface area contributed by atoms with Crippen molar-refractivity contribution in [2.24, 2.45) is 5.41 Å². The van der Waals surface area contributed by atoms with Crippen LogP contribution in [0.1, 0.15) is 54.4 Å². The van der Waals surface area contributed by atoms with E-state index in [4.69, 9.17) is 9.84 Å². The van der Waals surface area contributed by atoms with Crippen molar-refractivity contribution in [3.63, 3.8) is 0 Å². The van der Waals surface area contributed by atoms with Gasteiger partial charge in [0.2, 0.25) is 0 Å². The van der Waals surface area contributed by atoms with E-state index in [9.17, 15) is 5.11 Å². The van der Waals surface area contributed by atoms with Crippen molar-refractivity contribution >= 4 is 0 Å². The van der Waals surface area contributed by atoms with E-state index in [2.05, 4.69) is 71.1 Å². The molecule has 1 saturated heterocycles. The smallest absolute Gasteiger partial charge is 0.121 e. The van der Waals surface area contributed by atoms with Crippen LogP contribution >= 0.6 is 0 Å². The standard InChI is InChI=1S/C27H38O3/c1-21(11-7-8-12-22(2)15-10-18-28)13-9-14-23(3)16-17-27-25(4,5)19-24(29)20-26(27,6)30-27/h7-17,24,28-29H,18-20H2,1-6H3/b8-7+,13-9+,15-10-,17-16+,21-11+,22-12-,23-14-. The minimum Gasteiger partial charge on any atom is -0.393 e. The van der Waals surface area contributed by atoms with Crippen molar-refractivity contribution in [2.75, 3.05) is 6.61 Å². The number of ether oxygens (including phenoxy) is 1. The Morgan fingerprint density at radius 2 is 1.43 bits per heavy atom. The number of epoxide rings is 1. The van der Waals surface area contributed by atoms with Gasteiger partial charge in [0, 0.05) is 11.8 Å². The van der Waals surface area contributed by atoms with E-state index in [1.165, 1.54) is 0 Å². The van der Waals surface area contributed by atoms with Crippen LogP contribution in [0.4, 0.5) is 0 Å². The number of hydrogen-bond donors (Lipinski definition) is 2. The second-order valence-corrected chi connectivity index (χ2v) is 9.41. The third-order valence-electron chi connectivity index (χ3n) is 6.12. The molecule has 0 aromatic rings. The molecule has 30 heavy (non-hydrogen) atoms. The van der Waals surface area contributed by atoms with Crippen molar-refractivity contribution in [3.05, 3.63) is 83.6 Å². The molecule has 0 spiro atoms. The molecule has 1 aliphatic carbocycles. The highest BCUT2D eigenvalue weighted by Gasteiger charge is 2.74. The summed E-state index contributed by atoms with van der Waals surface area (Å²) in [6.07, 6.45) is 23.5. The normalized spacial score (nSPS) is 32.7. The number of aliphatic hydroxyl groups excluding tert-OH is 2. The van der Waals surface area contributed by atoms with E-state index >= 15 is 0 Å². The molecule has 1 saturated carbocycles. The van der Waals surface area contributed by atoms with Gasteiger partial charge in [-0.1, -0.05) is 91.3 Å². The van der Waals surface area contributed by atoms with E-state index in [0.717, 1.165) is 23.1 Å². The average molecular weight is 411 g/mol. The van der Waals surface area contributed by atoms with Crippen LogP contribution in [0, 0.1) is 5.41 Å². The van der Waals surface area contributed by atoms with Crippen LogP contribution in [0.15, 0.2) is 83.6 Å². The Balaban J connectivity index is 1.95. The SMILES string of the molecule is CC(/C=C\CO)=C/C=C/C=C(C)/C=C/C=C(C)\C=C\C12OC1(C)CC(O)CC2(C)C. The molecule has 2 N–H and O–H groups in total. The zero-order valence-corrected chi connectivity index (χ0v) is 19.4. The van der Waals surface area contributed by atoms with Gasteiger partial charge in [0.15, 0.2) is 0 Å². The van der Waals surface area contributed by atoms with Gasteiger partial charge in [-0.2, -0.15) is 0 Å². The minimum absolute atomic E-state index is 0.0645. The lowest BCUT2D eigenvalue weighted by Gasteiger charge is -2.39. The summed E-state index contributed by atoms with van der Waals surface area (Å²) in [6, 6.07) is 0. The highest BCUT2D eigenvalue weighted by molar-refractivity contribution is 5.36. The van der Waals surface area contributed by atoms with Gasteiger partial charge in [-0.25, -0.2) is 0 Å². The molecule has 3 heteroatoms. The van der Waals surface area contributed by atoms with E-state index < -0.39 is 0 Å². The predicted octanol–water partition coefficient (Wildman–Crippen LogP) is 5.75. The number of aliphatic hydroxyl groups is 2. The molecule has 2 fully saturated rings. The number of allylic oxidation sites excluding steroid dienone is 12. The first-order valence-electron chi connectivity index (χ1n) is 10.8. The summed E-state index contributed by atoms with van der Waals surface area (Å²) in [7, 11) is 0. The molecule has 3 nitrogen and oxygen atoms in total. The second kappa shape index (κ2) is 9.91. The molecule has 3 atom stereocenters. The quantitative estimate of drug-likeness (QED) is 0.396. The van der Waals surface area contributed by atoms with Gasteiger partial charge in [-0.3, -0.25) is 0 Å². The van der Waals surface area contributed by atoms with Crippen LogP contribution in [0.2, 0.25) is 0 Å². The first-order valence-corrected chi connectivity index (χ1v) is 10.8. The van der Waals surface area contributed by atoms with Crippen molar-refractivity contribution in [1.29, 1.82) is 0 Å². The van der Waals surface area contributed by atoms with Gasteiger partial charge in [0.25, 0.3) is 0 Å². The van der Waals surface area contributed by atoms with Crippen molar-refractivity contribution in [2.45, 2.75) is 71.7 Å². The Hall–Kier alpha value is -1.94. The third-order valence-corrected chi connectivity index (χ3v) is 6.12. The number of hydrogen-bond acceptors (Lipinski definition) is 3. The first-order chi connectivity index (χ1) is 14.1. The Morgan fingerprint density at radius 1 is 0.867 bits per heavy atom. The maximum absolute atomic E-state index is 10.2. The molecule has 164 valence electrons. The molecule has 2 aliphatic rings. The lowest BCUT2D eigenvalue weighted by atomic mass is 9.63. The van der Waals surface area contributed by atoms with Crippen molar-refractivity contribution in [1.82, 2.24) is 0 Å². The fraction of sp³-hybridized carbons (Fsp3) is 0.481. The van der Waals surface area contributed by atoms with E-state index in [0.29, 0.717) is 6.42 Å². The third kappa shape index (κ3) is 5.81. The molecule has 2 rings (SSSR count). The molecule has 0 radical (unpaired) electrons. The minimum atomic E-state index is -0.283. The summed E-state index contributed by atoms with van der Waals surface area (Å²) < 4.78 is 6.20. The summed E-state index contributed by atoms with van der Waals surface area (Å²) in [6.45, 7) is 12.7. The summed E-state index contributed by atoms with van der Waals surface area (Å²) in [4.78, 5) is 0. The van der Waals surface area contributed by atoms with E-state index in [1.807, 2.05) is 31.2 Å². The summed E-state index contributed by atoms with van der Waals surface area (Å²) >= 11 is 0. The zero-order chi connectivity index (χ0) is 22.4. The van der Waals surface area contributed by atoms with Crippen LogP contribution in [0.3, 0.4) is 0 Å². The molecular weight excluding hydrogens is 372 g/mol. The Bertz CT molecular complexity index is 819. The van der Waals surface area contributed by atoms with Crippen LogP contribution in [-0.2, 0) is 4.74 Å². The molecule has 0 aromatic heterocycles.